The van der Waals surface area contributed by atoms with E-state index in [1.807, 2.05) is 0 Å². The van der Waals surface area contributed by atoms with Crippen molar-refractivity contribution in [3.8, 4) is 0 Å². The van der Waals surface area contributed by atoms with Crippen molar-refractivity contribution in [2.75, 3.05) is 6.61 Å². The van der Waals surface area contributed by atoms with Crippen molar-refractivity contribution in [3.05, 3.63) is 12.2 Å². The highest BCUT2D eigenvalue weighted by molar-refractivity contribution is 6.74. The lowest BCUT2D eigenvalue weighted by Crippen LogP contribution is -2.41. The van der Waals surface area contributed by atoms with Gasteiger partial charge in [0.05, 0.1) is 0 Å². The van der Waals surface area contributed by atoms with Gasteiger partial charge >= 0.3 is 0 Å². The van der Waals surface area contributed by atoms with Gasteiger partial charge in [-0.2, -0.15) is 0 Å². The van der Waals surface area contributed by atoms with E-state index in [9.17, 15) is 4.79 Å². The van der Waals surface area contributed by atoms with Crippen LogP contribution in [0.4, 0.5) is 0 Å². The predicted molar refractivity (Wildman–Crippen MR) is 74.6 cm³/mol. The third kappa shape index (κ3) is 4.40. The Bertz CT molecular complexity index is 300. The van der Waals surface area contributed by atoms with Gasteiger partial charge in [-0.1, -0.05) is 26.8 Å². The van der Waals surface area contributed by atoms with Crippen molar-refractivity contribution in [3.63, 3.8) is 0 Å². The highest BCUT2D eigenvalue weighted by Crippen LogP contribution is 2.36. The molecular formula is C14H26O2Si. The molecule has 98 valence electrons. The van der Waals surface area contributed by atoms with Gasteiger partial charge < -0.3 is 4.43 Å². The Morgan fingerprint density at radius 2 is 2.06 bits per heavy atom. The fourth-order valence-electron chi connectivity index (χ4n) is 1.67. The van der Waals surface area contributed by atoms with Crippen LogP contribution in [-0.2, 0) is 9.22 Å². The summed E-state index contributed by atoms with van der Waals surface area (Å²) in [6, 6.07) is 0. The van der Waals surface area contributed by atoms with Crippen LogP contribution in [0.15, 0.2) is 12.2 Å². The molecule has 0 radical (unpaired) electrons. The molecule has 2 nitrogen and oxygen atoms in total. The van der Waals surface area contributed by atoms with Gasteiger partial charge in [-0.25, -0.2) is 0 Å². The molecule has 0 spiro atoms. The van der Waals surface area contributed by atoms with E-state index in [0.717, 1.165) is 19.4 Å². The molecule has 1 atom stereocenters. The summed E-state index contributed by atoms with van der Waals surface area (Å²) >= 11 is 0. The van der Waals surface area contributed by atoms with Crippen LogP contribution in [0.1, 0.15) is 40.0 Å². The molecule has 1 unspecified atom stereocenters. The molecule has 0 aromatic rings. The van der Waals surface area contributed by atoms with Gasteiger partial charge in [0.1, 0.15) is 0 Å². The van der Waals surface area contributed by atoms with Crippen LogP contribution in [0.3, 0.4) is 0 Å². The van der Waals surface area contributed by atoms with Gasteiger partial charge in [-0.3, -0.25) is 4.79 Å². The Labute approximate surface area is 107 Å². The van der Waals surface area contributed by atoms with Crippen molar-refractivity contribution < 1.29 is 9.22 Å². The molecule has 3 heteroatoms. The number of hydrogen-bond donors (Lipinski definition) is 0. The number of hydrogen-bond acceptors (Lipinski definition) is 2. The smallest absolute Gasteiger partial charge is 0.191 e. The van der Waals surface area contributed by atoms with Crippen molar-refractivity contribution in [1.29, 1.82) is 0 Å². The molecule has 17 heavy (non-hydrogen) atoms. The lowest BCUT2D eigenvalue weighted by molar-refractivity contribution is -0.115. The van der Waals surface area contributed by atoms with E-state index in [-0.39, 0.29) is 10.8 Å². The quantitative estimate of drug-likeness (QED) is 0.710. The van der Waals surface area contributed by atoms with Crippen LogP contribution in [0.25, 0.3) is 0 Å². The van der Waals surface area contributed by atoms with E-state index >= 15 is 0 Å². The summed E-state index contributed by atoms with van der Waals surface area (Å²) in [5.74, 6) is 0.809. The van der Waals surface area contributed by atoms with Crippen molar-refractivity contribution >= 4 is 14.1 Å². The average molecular weight is 254 g/mol. The first-order chi connectivity index (χ1) is 7.72. The predicted octanol–water partition coefficient (Wildman–Crippen LogP) is 3.93. The minimum Gasteiger partial charge on any atom is -0.417 e. The number of ketones is 1. The second kappa shape index (κ2) is 5.49. The van der Waals surface area contributed by atoms with Gasteiger partial charge in [0.2, 0.25) is 0 Å². The molecule has 0 saturated heterocycles. The third-order valence-corrected chi connectivity index (χ3v) is 8.61. The maximum atomic E-state index is 11.1. The normalized spacial score (nSPS) is 21.9. The zero-order chi connectivity index (χ0) is 13.1. The number of carbonyl (C=O) groups is 1. The molecule has 0 saturated carbocycles. The summed E-state index contributed by atoms with van der Waals surface area (Å²) in [6.07, 6.45) is 6.55. The van der Waals surface area contributed by atoms with Gasteiger partial charge in [-0.15, -0.1) is 0 Å². The van der Waals surface area contributed by atoms with Crippen molar-refractivity contribution in [1.82, 2.24) is 0 Å². The Kier molecular flexibility index (Phi) is 4.73. The van der Waals surface area contributed by atoms with Crippen molar-refractivity contribution in [2.45, 2.75) is 58.2 Å². The van der Waals surface area contributed by atoms with Crippen LogP contribution >= 0.6 is 0 Å². The number of rotatable bonds is 4. The zero-order valence-electron chi connectivity index (χ0n) is 11.9. The molecule has 0 bridgehead atoms. The molecule has 0 amide bonds. The van der Waals surface area contributed by atoms with E-state index in [0.29, 0.717) is 12.3 Å². The Morgan fingerprint density at radius 3 is 2.53 bits per heavy atom. The van der Waals surface area contributed by atoms with E-state index < -0.39 is 8.32 Å². The molecule has 0 aliphatic heterocycles. The summed E-state index contributed by atoms with van der Waals surface area (Å²) in [4.78, 5) is 11.1. The van der Waals surface area contributed by atoms with Gasteiger partial charge in [-0.05, 0) is 43.0 Å². The minimum absolute atomic E-state index is 0.270. The molecular weight excluding hydrogens is 228 g/mol. The van der Waals surface area contributed by atoms with Gasteiger partial charge in [0, 0.05) is 13.0 Å². The summed E-state index contributed by atoms with van der Waals surface area (Å²) in [5, 5.41) is 0.283. The highest BCUT2D eigenvalue weighted by Gasteiger charge is 2.36. The summed E-state index contributed by atoms with van der Waals surface area (Å²) in [5.41, 5.74) is 0. The summed E-state index contributed by atoms with van der Waals surface area (Å²) < 4.78 is 6.14. The topological polar surface area (TPSA) is 26.3 Å². The lowest BCUT2D eigenvalue weighted by atomic mass is 9.93. The Morgan fingerprint density at radius 1 is 1.41 bits per heavy atom. The first-order valence-corrected chi connectivity index (χ1v) is 9.48. The van der Waals surface area contributed by atoms with E-state index in [4.69, 9.17) is 4.43 Å². The van der Waals surface area contributed by atoms with E-state index in [1.54, 1.807) is 6.08 Å². The summed E-state index contributed by atoms with van der Waals surface area (Å²) in [7, 11) is -1.59. The molecule has 0 aromatic heterocycles. The van der Waals surface area contributed by atoms with Crippen LogP contribution < -0.4 is 0 Å². The first-order valence-electron chi connectivity index (χ1n) is 6.57. The monoisotopic (exact) mass is 254 g/mol. The average Bonchev–Trinajstić information content (AvgIpc) is 2.19. The largest absolute Gasteiger partial charge is 0.417 e. The highest BCUT2D eigenvalue weighted by atomic mass is 28.4. The molecule has 1 aliphatic rings. The summed E-state index contributed by atoms with van der Waals surface area (Å²) in [6.45, 7) is 12.2. The van der Waals surface area contributed by atoms with Gasteiger partial charge in [0.15, 0.2) is 14.1 Å². The molecule has 0 fully saturated rings. The molecule has 1 aliphatic carbocycles. The second-order valence-electron chi connectivity index (χ2n) is 6.52. The van der Waals surface area contributed by atoms with Gasteiger partial charge in [0.25, 0.3) is 0 Å². The number of carbonyl (C=O) groups excluding carboxylic acids is 1. The fourth-order valence-corrected chi connectivity index (χ4v) is 2.73. The SMILES string of the molecule is CC(C)(C)[Si](C)(C)OCCC1C=CC(=O)CC1. The van der Waals surface area contributed by atoms with Crippen LogP contribution in [0, 0.1) is 5.92 Å². The number of allylic oxidation sites excluding steroid dienone is 2. The van der Waals surface area contributed by atoms with E-state index in [1.165, 1.54) is 0 Å². The fraction of sp³-hybridized carbons (Fsp3) is 0.786. The standard InChI is InChI=1S/C14H26O2Si/c1-14(2,3)17(4,5)16-11-10-12-6-8-13(15)9-7-12/h6,8,12H,7,9-11H2,1-5H3. The zero-order valence-corrected chi connectivity index (χ0v) is 12.9. The molecule has 0 aromatic carbocycles. The molecule has 1 rings (SSSR count). The molecule has 0 N–H and O–H groups in total. The van der Waals surface area contributed by atoms with Crippen LogP contribution in [0.5, 0.6) is 0 Å². The van der Waals surface area contributed by atoms with Crippen molar-refractivity contribution in [2.24, 2.45) is 5.92 Å². The van der Waals surface area contributed by atoms with Crippen LogP contribution in [-0.4, -0.2) is 20.7 Å². The third-order valence-electron chi connectivity index (χ3n) is 4.07. The van der Waals surface area contributed by atoms with Crippen LogP contribution in [0.2, 0.25) is 18.1 Å². The lowest BCUT2D eigenvalue weighted by Gasteiger charge is -2.36. The Hall–Kier alpha value is -0.413. The maximum Gasteiger partial charge on any atom is 0.191 e. The molecule has 0 heterocycles. The second-order valence-corrected chi connectivity index (χ2v) is 11.3. The Balaban J connectivity index is 2.33. The maximum absolute atomic E-state index is 11.1. The minimum atomic E-state index is -1.59. The first kappa shape index (κ1) is 14.6. The van der Waals surface area contributed by atoms with E-state index in [2.05, 4.69) is 39.9 Å².